The minimum absolute atomic E-state index is 0.197. The molecule has 0 bridgehead atoms. The van der Waals surface area contributed by atoms with Gasteiger partial charge in [0.2, 0.25) is 5.95 Å². The molecule has 0 atom stereocenters. The monoisotopic (exact) mass is 445 g/mol. The molecule has 0 saturated carbocycles. The van der Waals surface area contributed by atoms with Crippen molar-refractivity contribution in [3.05, 3.63) is 44.1 Å². The van der Waals surface area contributed by atoms with E-state index in [0.717, 1.165) is 10.3 Å². The van der Waals surface area contributed by atoms with Crippen LogP contribution in [0.1, 0.15) is 20.8 Å². The lowest BCUT2D eigenvalue weighted by molar-refractivity contribution is -0.127. The zero-order valence-corrected chi connectivity index (χ0v) is 18.9. The summed E-state index contributed by atoms with van der Waals surface area (Å²) >= 11 is 6.20. The maximum Gasteiger partial charge on any atom is 0.332 e. The standard InChI is InChI=1S/C21H24ClN5O4/c1-21(2,3)15(28)11-27-18(29)16-17(24(4)20(27)30)23-19-25(8-9-26(16)19)13-10-12(22)6-7-14(13)31-5/h6-7,10H,8-9,11H2,1-5H3. The molecule has 1 aromatic carbocycles. The van der Waals surface area contributed by atoms with Gasteiger partial charge in [0.15, 0.2) is 16.9 Å². The summed E-state index contributed by atoms with van der Waals surface area (Å²) in [6.45, 7) is 6.04. The number of carbonyl (C=O) groups is 1. The number of halogens is 1. The van der Waals surface area contributed by atoms with Crippen LogP contribution in [0.5, 0.6) is 5.75 Å². The van der Waals surface area contributed by atoms with Crippen LogP contribution in [0.25, 0.3) is 11.2 Å². The average molecular weight is 446 g/mol. The van der Waals surface area contributed by atoms with Crippen molar-refractivity contribution < 1.29 is 9.53 Å². The van der Waals surface area contributed by atoms with Gasteiger partial charge in [0.25, 0.3) is 5.56 Å². The number of aromatic nitrogens is 4. The second kappa shape index (κ2) is 7.26. The Labute approximate surface area is 183 Å². The lowest BCUT2D eigenvalue weighted by Gasteiger charge is -2.19. The first-order valence-electron chi connectivity index (χ1n) is 9.89. The Morgan fingerprint density at radius 3 is 2.58 bits per heavy atom. The second-order valence-electron chi connectivity index (χ2n) is 8.61. The van der Waals surface area contributed by atoms with E-state index < -0.39 is 16.7 Å². The predicted octanol–water partition coefficient (Wildman–Crippen LogP) is 2.33. The first-order valence-corrected chi connectivity index (χ1v) is 10.3. The molecule has 1 aliphatic heterocycles. The van der Waals surface area contributed by atoms with Crippen LogP contribution in [0, 0.1) is 5.41 Å². The molecule has 0 saturated heterocycles. The van der Waals surface area contributed by atoms with Crippen LogP contribution in [0.2, 0.25) is 5.02 Å². The molecule has 0 fully saturated rings. The molecule has 9 nitrogen and oxygen atoms in total. The lowest BCUT2D eigenvalue weighted by atomic mass is 9.91. The van der Waals surface area contributed by atoms with Gasteiger partial charge in [0.1, 0.15) is 5.75 Å². The van der Waals surface area contributed by atoms with Crippen molar-refractivity contribution in [1.29, 1.82) is 0 Å². The van der Waals surface area contributed by atoms with Gasteiger partial charge in [-0.05, 0) is 18.2 Å². The van der Waals surface area contributed by atoms with E-state index in [1.807, 2.05) is 4.90 Å². The molecule has 0 spiro atoms. The number of hydrogen-bond donors (Lipinski definition) is 0. The van der Waals surface area contributed by atoms with Crippen LogP contribution in [0.15, 0.2) is 27.8 Å². The number of methoxy groups -OCH3 is 1. The summed E-state index contributed by atoms with van der Waals surface area (Å²) < 4.78 is 9.55. The fraction of sp³-hybridized carbons (Fsp3) is 0.429. The Kier molecular flexibility index (Phi) is 4.96. The number of aryl methyl sites for hydroxylation is 1. The Morgan fingerprint density at radius 1 is 1.23 bits per heavy atom. The predicted molar refractivity (Wildman–Crippen MR) is 119 cm³/mol. The van der Waals surface area contributed by atoms with Crippen LogP contribution < -0.4 is 20.9 Å². The van der Waals surface area contributed by atoms with E-state index >= 15 is 0 Å². The van der Waals surface area contributed by atoms with Crippen LogP contribution >= 0.6 is 11.6 Å². The third-order valence-corrected chi connectivity index (χ3v) is 5.81. The van der Waals surface area contributed by atoms with Crippen molar-refractivity contribution in [2.24, 2.45) is 12.5 Å². The van der Waals surface area contributed by atoms with Crippen molar-refractivity contribution in [3.63, 3.8) is 0 Å². The largest absolute Gasteiger partial charge is 0.495 e. The fourth-order valence-corrected chi connectivity index (χ4v) is 3.87. The number of carbonyl (C=O) groups excluding carboxylic acids is 1. The van der Waals surface area contributed by atoms with E-state index in [2.05, 4.69) is 4.98 Å². The number of hydrogen-bond acceptors (Lipinski definition) is 6. The number of anilines is 2. The number of rotatable bonds is 4. The molecule has 3 heterocycles. The molecule has 0 aliphatic carbocycles. The molecular weight excluding hydrogens is 422 g/mol. The highest BCUT2D eigenvalue weighted by molar-refractivity contribution is 6.31. The molecule has 2 aromatic heterocycles. The molecule has 0 unspecified atom stereocenters. The van der Waals surface area contributed by atoms with Gasteiger partial charge in [0.05, 0.1) is 19.3 Å². The first-order chi connectivity index (χ1) is 14.5. The SMILES string of the molecule is COc1ccc(Cl)cc1N1CCn2c1nc1c2c(=O)n(CC(=O)C(C)(C)C)c(=O)n1C. The summed E-state index contributed by atoms with van der Waals surface area (Å²) in [7, 11) is 3.12. The fourth-order valence-electron chi connectivity index (χ4n) is 3.70. The highest BCUT2D eigenvalue weighted by Crippen LogP contribution is 2.38. The zero-order chi connectivity index (χ0) is 22.7. The van der Waals surface area contributed by atoms with Crippen LogP contribution in [-0.4, -0.2) is 38.1 Å². The molecule has 3 aromatic rings. The van der Waals surface area contributed by atoms with E-state index in [1.165, 1.54) is 4.57 Å². The quantitative estimate of drug-likeness (QED) is 0.612. The van der Waals surface area contributed by atoms with Crippen molar-refractivity contribution >= 4 is 40.2 Å². The summed E-state index contributed by atoms with van der Waals surface area (Å²) in [6.07, 6.45) is 0. The van der Waals surface area contributed by atoms with Gasteiger partial charge in [-0.25, -0.2) is 4.79 Å². The first kappa shape index (κ1) is 21.2. The number of nitrogens with zero attached hydrogens (tertiary/aromatic N) is 5. The molecule has 164 valence electrons. The molecule has 1 aliphatic rings. The third kappa shape index (κ3) is 3.33. The Bertz CT molecular complexity index is 1330. The molecule has 0 amide bonds. The van der Waals surface area contributed by atoms with Gasteiger partial charge in [-0.1, -0.05) is 32.4 Å². The zero-order valence-electron chi connectivity index (χ0n) is 18.1. The molecule has 4 rings (SSSR count). The van der Waals surface area contributed by atoms with E-state index in [4.69, 9.17) is 16.3 Å². The van der Waals surface area contributed by atoms with Gasteiger partial charge < -0.3 is 14.2 Å². The van der Waals surface area contributed by atoms with Crippen molar-refractivity contribution in [2.75, 3.05) is 18.6 Å². The average Bonchev–Trinajstić information content (AvgIpc) is 3.28. The number of imidazole rings is 1. The van der Waals surface area contributed by atoms with Crippen LogP contribution in [-0.2, 0) is 24.9 Å². The Morgan fingerprint density at radius 2 is 1.94 bits per heavy atom. The molecule has 10 heteroatoms. The number of benzene rings is 1. The van der Waals surface area contributed by atoms with Crippen LogP contribution in [0.3, 0.4) is 0 Å². The molecular formula is C21H24ClN5O4. The Balaban J connectivity index is 1.91. The van der Waals surface area contributed by atoms with Gasteiger partial charge in [0, 0.05) is 30.6 Å². The van der Waals surface area contributed by atoms with E-state index in [1.54, 1.807) is 57.7 Å². The highest BCUT2D eigenvalue weighted by atomic mass is 35.5. The maximum atomic E-state index is 13.3. The summed E-state index contributed by atoms with van der Waals surface area (Å²) in [5.41, 5.74) is -0.471. The number of fused-ring (bicyclic) bond motifs is 3. The third-order valence-electron chi connectivity index (χ3n) is 5.57. The summed E-state index contributed by atoms with van der Waals surface area (Å²) in [5, 5.41) is 0.542. The maximum absolute atomic E-state index is 13.3. The van der Waals surface area contributed by atoms with Crippen molar-refractivity contribution in [2.45, 2.75) is 33.9 Å². The molecule has 31 heavy (non-hydrogen) atoms. The number of ketones is 1. The minimum atomic E-state index is -0.668. The van der Waals surface area contributed by atoms with Crippen molar-refractivity contribution in [1.82, 2.24) is 18.7 Å². The Hall–Kier alpha value is -3.07. The van der Waals surface area contributed by atoms with Crippen molar-refractivity contribution in [3.8, 4) is 5.75 Å². The van der Waals surface area contributed by atoms with E-state index in [-0.39, 0.29) is 18.0 Å². The van der Waals surface area contributed by atoms with E-state index in [9.17, 15) is 14.4 Å². The smallest absolute Gasteiger partial charge is 0.332 e. The normalized spacial score (nSPS) is 13.7. The van der Waals surface area contributed by atoms with Gasteiger partial charge in [-0.3, -0.25) is 18.7 Å². The van der Waals surface area contributed by atoms with Crippen LogP contribution in [0.4, 0.5) is 11.6 Å². The summed E-state index contributed by atoms with van der Waals surface area (Å²) in [4.78, 5) is 45.2. The minimum Gasteiger partial charge on any atom is -0.495 e. The molecule has 0 N–H and O–H groups in total. The number of Topliss-reactive ketones (excluding diaryl/α,β-unsaturated/α-hetero) is 1. The van der Waals surface area contributed by atoms with Gasteiger partial charge in [-0.2, -0.15) is 4.98 Å². The number of ether oxygens (including phenoxy) is 1. The van der Waals surface area contributed by atoms with Gasteiger partial charge in [-0.15, -0.1) is 0 Å². The lowest BCUT2D eigenvalue weighted by Crippen LogP contribution is -2.43. The summed E-state index contributed by atoms with van der Waals surface area (Å²) in [6, 6.07) is 5.27. The topological polar surface area (TPSA) is 91.4 Å². The highest BCUT2D eigenvalue weighted by Gasteiger charge is 2.31. The molecule has 0 radical (unpaired) electrons. The van der Waals surface area contributed by atoms with Gasteiger partial charge >= 0.3 is 5.69 Å². The van der Waals surface area contributed by atoms with E-state index in [0.29, 0.717) is 35.3 Å². The second-order valence-corrected chi connectivity index (χ2v) is 9.05. The summed E-state index contributed by atoms with van der Waals surface area (Å²) in [5.74, 6) is 0.937.